The minimum Gasteiger partial charge on any atom is -0.480 e. The van der Waals surface area contributed by atoms with Crippen LogP contribution in [0.1, 0.15) is 47.0 Å². The molecule has 0 aromatic rings. The van der Waals surface area contributed by atoms with Gasteiger partial charge in [0.1, 0.15) is 5.54 Å². The molecular weight excluding hydrogens is 232 g/mol. The second-order valence-electron chi connectivity index (χ2n) is 5.67. The second-order valence-corrected chi connectivity index (χ2v) is 5.67. The molecule has 104 valence electrons. The van der Waals surface area contributed by atoms with E-state index in [4.69, 9.17) is 0 Å². The summed E-state index contributed by atoms with van der Waals surface area (Å²) in [5.41, 5.74) is -1.18. The van der Waals surface area contributed by atoms with Crippen LogP contribution < -0.4 is 5.32 Å². The smallest absolute Gasteiger partial charge is 0.329 e. The largest absolute Gasteiger partial charge is 0.480 e. The van der Waals surface area contributed by atoms with Crippen molar-refractivity contribution < 1.29 is 14.7 Å². The van der Waals surface area contributed by atoms with E-state index in [1.165, 1.54) is 4.90 Å². The number of nitrogens with zero attached hydrogens (tertiary/aromatic N) is 1. The summed E-state index contributed by atoms with van der Waals surface area (Å²) in [5.74, 6) is -0.350. The number of urea groups is 1. The van der Waals surface area contributed by atoms with Crippen molar-refractivity contribution in [1.82, 2.24) is 10.2 Å². The monoisotopic (exact) mass is 256 g/mol. The van der Waals surface area contributed by atoms with Crippen LogP contribution in [0.15, 0.2) is 0 Å². The molecule has 1 aliphatic carbocycles. The van der Waals surface area contributed by atoms with Gasteiger partial charge in [-0.1, -0.05) is 6.92 Å². The first-order valence-corrected chi connectivity index (χ1v) is 6.60. The molecule has 2 atom stereocenters. The van der Waals surface area contributed by atoms with Crippen molar-refractivity contribution in [1.29, 1.82) is 0 Å². The maximum Gasteiger partial charge on any atom is 0.329 e. The molecule has 0 bridgehead atoms. The maximum absolute atomic E-state index is 12.1. The number of aliphatic carboxylic acids is 1. The third kappa shape index (κ3) is 3.15. The van der Waals surface area contributed by atoms with E-state index in [0.717, 1.165) is 19.3 Å². The Labute approximate surface area is 109 Å². The van der Waals surface area contributed by atoms with E-state index in [1.807, 2.05) is 0 Å². The lowest BCUT2D eigenvalue weighted by Crippen LogP contribution is -2.57. The molecule has 18 heavy (non-hydrogen) atoms. The molecule has 2 amide bonds. The van der Waals surface area contributed by atoms with Gasteiger partial charge in [0.15, 0.2) is 0 Å². The Morgan fingerprint density at radius 2 is 2.00 bits per heavy atom. The molecule has 1 saturated carbocycles. The van der Waals surface area contributed by atoms with Crippen molar-refractivity contribution in [2.75, 3.05) is 6.54 Å². The van der Waals surface area contributed by atoms with Crippen LogP contribution in [0.25, 0.3) is 0 Å². The third-order valence-corrected chi connectivity index (χ3v) is 3.78. The average Bonchev–Trinajstić information content (AvgIpc) is 2.64. The highest BCUT2D eigenvalue weighted by Gasteiger charge is 2.37. The van der Waals surface area contributed by atoms with Crippen LogP contribution in [0.3, 0.4) is 0 Å². The Morgan fingerprint density at radius 3 is 2.39 bits per heavy atom. The molecule has 2 unspecified atom stereocenters. The summed E-state index contributed by atoms with van der Waals surface area (Å²) in [5, 5.41) is 12.1. The van der Waals surface area contributed by atoms with Crippen LogP contribution in [-0.4, -0.2) is 40.1 Å². The molecule has 0 spiro atoms. The Bertz CT molecular complexity index is 328. The van der Waals surface area contributed by atoms with Crippen LogP contribution in [0.2, 0.25) is 0 Å². The van der Waals surface area contributed by atoms with Gasteiger partial charge in [-0.15, -0.1) is 0 Å². The summed E-state index contributed by atoms with van der Waals surface area (Å²) in [6.45, 7) is 7.45. The topological polar surface area (TPSA) is 69.6 Å². The Morgan fingerprint density at radius 1 is 1.39 bits per heavy atom. The van der Waals surface area contributed by atoms with Gasteiger partial charge in [-0.2, -0.15) is 0 Å². The molecule has 0 heterocycles. The predicted molar refractivity (Wildman–Crippen MR) is 69.4 cm³/mol. The highest BCUT2D eigenvalue weighted by molar-refractivity contribution is 5.85. The van der Waals surface area contributed by atoms with Crippen molar-refractivity contribution in [2.45, 2.75) is 58.5 Å². The number of carboxylic acid groups (broad SMARTS) is 1. The fraction of sp³-hybridized carbons (Fsp3) is 0.846. The summed E-state index contributed by atoms with van der Waals surface area (Å²) in [6, 6.07) is -0.0878. The molecule has 0 aromatic carbocycles. The van der Waals surface area contributed by atoms with Gasteiger partial charge in [-0.3, -0.25) is 0 Å². The summed E-state index contributed by atoms with van der Waals surface area (Å²) < 4.78 is 0. The maximum atomic E-state index is 12.1. The minimum absolute atomic E-state index is 0.186. The number of likely N-dealkylation sites (N-methyl/N-ethyl adjacent to an activating group) is 1. The molecule has 5 heteroatoms. The molecule has 1 aliphatic rings. The number of carboxylic acids is 1. The van der Waals surface area contributed by atoms with Crippen molar-refractivity contribution in [3.05, 3.63) is 0 Å². The van der Waals surface area contributed by atoms with E-state index in [9.17, 15) is 14.7 Å². The van der Waals surface area contributed by atoms with Gasteiger partial charge in [-0.25, -0.2) is 9.59 Å². The molecule has 0 aromatic heterocycles. The molecule has 0 radical (unpaired) electrons. The second kappa shape index (κ2) is 5.59. The lowest BCUT2D eigenvalue weighted by Gasteiger charge is -2.35. The standard InChI is InChI=1S/C13H24N2O3/c1-5-15(13(3,4)11(16)17)12(18)14-10-7-6-9(2)8-10/h9-10H,5-8H2,1-4H3,(H,14,18)(H,16,17). The van der Waals surface area contributed by atoms with Crippen LogP contribution in [0.4, 0.5) is 4.79 Å². The van der Waals surface area contributed by atoms with E-state index < -0.39 is 11.5 Å². The lowest BCUT2D eigenvalue weighted by molar-refractivity contribution is -0.147. The number of hydrogen-bond donors (Lipinski definition) is 2. The zero-order valence-corrected chi connectivity index (χ0v) is 11.7. The average molecular weight is 256 g/mol. The first-order valence-electron chi connectivity index (χ1n) is 6.60. The summed E-state index contributed by atoms with van der Waals surface area (Å²) >= 11 is 0. The Balaban J connectivity index is 2.65. The van der Waals surface area contributed by atoms with Crippen LogP contribution in [0, 0.1) is 5.92 Å². The van der Waals surface area contributed by atoms with Gasteiger partial charge in [0.25, 0.3) is 0 Å². The van der Waals surface area contributed by atoms with E-state index in [2.05, 4.69) is 12.2 Å². The van der Waals surface area contributed by atoms with Crippen LogP contribution >= 0.6 is 0 Å². The zero-order valence-electron chi connectivity index (χ0n) is 11.7. The zero-order chi connectivity index (χ0) is 13.9. The molecule has 0 saturated heterocycles. The third-order valence-electron chi connectivity index (χ3n) is 3.78. The lowest BCUT2D eigenvalue weighted by atomic mass is 10.0. The number of amides is 2. The molecular formula is C13H24N2O3. The predicted octanol–water partition coefficient (Wildman–Crippen LogP) is 2.07. The van der Waals surface area contributed by atoms with E-state index in [1.54, 1.807) is 20.8 Å². The number of rotatable bonds is 4. The van der Waals surface area contributed by atoms with Gasteiger partial charge in [-0.05, 0) is 46.0 Å². The fourth-order valence-electron chi connectivity index (χ4n) is 2.50. The SMILES string of the molecule is CCN(C(=O)NC1CCC(C)C1)C(C)(C)C(=O)O. The summed E-state index contributed by atoms with van der Waals surface area (Å²) in [4.78, 5) is 24.7. The molecule has 5 nitrogen and oxygen atoms in total. The van der Waals surface area contributed by atoms with Gasteiger partial charge < -0.3 is 15.3 Å². The van der Waals surface area contributed by atoms with Gasteiger partial charge in [0.2, 0.25) is 0 Å². The molecule has 2 N–H and O–H groups in total. The first kappa shape index (κ1) is 14.8. The van der Waals surface area contributed by atoms with Crippen molar-refractivity contribution in [2.24, 2.45) is 5.92 Å². The van der Waals surface area contributed by atoms with Gasteiger partial charge in [0.05, 0.1) is 0 Å². The number of nitrogens with one attached hydrogen (secondary N) is 1. The minimum atomic E-state index is -1.18. The number of hydrogen-bond acceptors (Lipinski definition) is 2. The Hall–Kier alpha value is -1.26. The van der Waals surface area contributed by atoms with Gasteiger partial charge in [0, 0.05) is 12.6 Å². The molecule has 1 fully saturated rings. The highest BCUT2D eigenvalue weighted by Crippen LogP contribution is 2.25. The van der Waals surface area contributed by atoms with Crippen LogP contribution in [0.5, 0.6) is 0 Å². The molecule has 1 rings (SSSR count). The quantitative estimate of drug-likeness (QED) is 0.809. The molecule has 0 aliphatic heterocycles. The summed E-state index contributed by atoms with van der Waals surface area (Å²) in [6.07, 6.45) is 3.09. The highest BCUT2D eigenvalue weighted by atomic mass is 16.4. The summed E-state index contributed by atoms with van der Waals surface area (Å²) in [7, 11) is 0. The van der Waals surface area contributed by atoms with E-state index >= 15 is 0 Å². The van der Waals surface area contributed by atoms with E-state index in [0.29, 0.717) is 12.5 Å². The van der Waals surface area contributed by atoms with Gasteiger partial charge >= 0.3 is 12.0 Å². The van der Waals surface area contributed by atoms with Crippen molar-refractivity contribution >= 4 is 12.0 Å². The Kier molecular flexibility index (Phi) is 4.59. The first-order chi connectivity index (χ1) is 8.28. The number of carbonyl (C=O) groups is 2. The number of carbonyl (C=O) groups excluding carboxylic acids is 1. The fourth-order valence-corrected chi connectivity index (χ4v) is 2.50. The van der Waals surface area contributed by atoms with Crippen molar-refractivity contribution in [3.8, 4) is 0 Å². The normalized spacial score (nSPS) is 23.8. The van der Waals surface area contributed by atoms with Crippen molar-refractivity contribution in [3.63, 3.8) is 0 Å². The van der Waals surface area contributed by atoms with Crippen LogP contribution in [-0.2, 0) is 4.79 Å². The van der Waals surface area contributed by atoms with E-state index in [-0.39, 0.29) is 12.1 Å².